The molecule has 0 saturated carbocycles. The number of carbonyl (C=O) groups excluding carboxylic acids is 1. The van der Waals surface area contributed by atoms with Gasteiger partial charge in [-0.3, -0.25) is 9.79 Å². The number of hydrogen-bond acceptors (Lipinski definition) is 2. The van der Waals surface area contributed by atoms with Crippen molar-refractivity contribution in [3.63, 3.8) is 0 Å². The zero-order valence-corrected chi connectivity index (χ0v) is 9.92. The minimum absolute atomic E-state index is 0.0787. The first-order chi connectivity index (χ1) is 6.54. The molecule has 0 rings (SSSR count). The quantitative estimate of drug-likeness (QED) is 0.681. The summed E-state index contributed by atoms with van der Waals surface area (Å²) in [4.78, 5) is 13.6. The third-order valence-corrected chi connectivity index (χ3v) is 0.655. The number of carbonyl (C=O) groups is 1. The lowest BCUT2D eigenvalue weighted by molar-refractivity contribution is -0.118. The van der Waals surface area contributed by atoms with Crippen molar-refractivity contribution in [2.24, 2.45) is 4.99 Å². The summed E-state index contributed by atoms with van der Waals surface area (Å²) in [6, 6.07) is 0. The van der Waals surface area contributed by atoms with Gasteiger partial charge < -0.3 is 5.32 Å². The maximum Gasteiger partial charge on any atom is 0.220 e. The Morgan fingerprint density at radius 2 is 1.79 bits per heavy atom. The Morgan fingerprint density at radius 3 is 1.79 bits per heavy atom. The third-order valence-electron chi connectivity index (χ3n) is 0.655. The summed E-state index contributed by atoms with van der Waals surface area (Å²) in [5.74, 6) is -0.0787. The molecule has 0 aliphatic carbocycles. The molecule has 0 aromatic rings. The molecular weight excluding hydrogens is 176 g/mol. The van der Waals surface area contributed by atoms with E-state index in [2.05, 4.69) is 23.5 Å². The largest absolute Gasteiger partial charge is 0.334 e. The van der Waals surface area contributed by atoms with Crippen LogP contribution in [0.1, 0.15) is 27.7 Å². The van der Waals surface area contributed by atoms with E-state index in [4.69, 9.17) is 0 Å². The van der Waals surface area contributed by atoms with Crippen molar-refractivity contribution in [1.82, 2.24) is 5.32 Å². The number of amides is 1. The van der Waals surface area contributed by atoms with Gasteiger partial charge in [-0.1, -0.05) is 27.0 Å². The van der Waals surface area contributed by atoms with Gasteiger partial charge in [0, 0.05) is 20.2 Å². The van der Waals surface area contributed by atoms with E-state index in [1.54, 1.807) is 13.3 Å². The highest BCUT2D eigenvalue weighted by molar-refractivity contribution is 5.76. The molecule has 0 heterocycles. The van der Waals surface area contributed by atoms with Gasteiger partial charge in [-0.05, 0) is 18.7 Å². The fourth-order valence-corrected chi connectivity index (χ4v) is 0.364. The van der Waals surface area contributed by atoms with Gasteiger partial charge in [0.1, 0.15) is 0 Å². The van der Waals surface area contributed by atoms with Crippen LogP contribution in [-0.4, -0.2) is 19.2 Å². The first-order valence-corrected chi connectivity index (χ1v) is 4.50. The first kappa shape index (κ1) is 18.4. The topological polar surface area (TPSA) is 41.5 Å². The molecule has 0 aromatic heterocycles. The minimum atomic E-state index is -0.0787. The van der Waals surface area contributed by atoms with Crippen LogP contribution in [0.15, 0.2) is 29.9 Å². The lowest BCUT2D eigenvalue weighted by atomic mass is 10.4. The van der Waals surface area contributed by atoms with E-state index in [-0.39, 0.29) is 5.91 Å². The molecule has 0 bridgehead atoms. The second-order valence-corrected chi connectivity index (χ2v) is 2.14. The van der Waals surface area contributed by atoms with E-state index in [9.17, 15) is 4.79 Å². The molecule has 0 saturated heterocycles. The third kappa shape index (κ3) is 46.0. The second-order valence-electron chi connectivity index (χ2n) is 2.14. The Labute approximate surface area is 87.6 Å². The minimum Gasteiger partial charge on any atom is -0.334 e. The smallest absolute Gasteiger partial charge is 0.220 e. The molecule has 1 N–H and O–H groups in total. The van der Waals surface area contributed by atoms with Gasteiger partial charge in [-0.25, -0.2) is 0 Å². The Kier molecular flexibility index (Phi) is 23.2. The average molecular weight is 198 g/mol. The Hall–Kier alpha value is -1.38. The fourth-order valence-electron chi connectivity index (χ4n) is 0.364. The maximum atomic E-state index is 9.86. The molecule has 3 nitrogen and oxygen atoms in total. The van der Waals surface area contributed by atoms with Crippen molar-refractivity contribution in [3.05, 3.63) is 24.9 Å². The van der Waals surface area contributed by atoms with Gasteiger partial charge in [0.2, 0.25) is 5.91 Å². The number of nitrogens with zero attached hydrogens (tertiary/aromatic N) is 1. The van der Waals surface area contributed by atoms with Crippen molar-refractivity contribution in [3.8, 4) is 0 Å². The molecule has 0 radical (unpaired) electrons. The molecule has 0 atom stereocenters. The molecule has 0 fully saturated rings. The fraction of sp³-hybridized carbons (Fsp3) is 0.455. The van der Waals surface area contributed by atoms with Crippen LogP contribution in [0.3, 0.4) is 0 Å². The first-order valence-electron chi connectivity index (χ1n) is 4.50. The number of allylic oxidation sites excluding steroid dienone is 1. The van der Waals surface area contributed by atoms with Gasteiger partial charge >= 0.3 is 0 Å². The summed E-state index contributed by atoms with van der Waals surface area (Å²) in [6.45, 7) is 14.2. The van der Waals surface area contributed by atoms with Gasteiger partial charge in [-0.2, -0.15) is 0 Å². The van der Waals surface area contributed by atoms with Gasteiger partial charge in [-0.15, -0.1) is 0 Å². The van der Waals surface area contributed by atoms with E-state index in [0.717, 1.165) is 5.57 Å². The molecule has 3 heteroatoms. The molecule has 0 unspecified atom stereocenters. The molecule has 0 spiro atoms. The Morgan fingerprint density at radius 1 is 1.36 bits per heavy atom. The standard InChI is InChI=1S/C5H9N.C4H7NO.C2H6/c1-5(2)4-6-3;1-3-5-4(2)6;1-2/h4H,1H2,2-3H3;3H,1H2,2H3,(H,5,6);1-2H3. The molecule has 14 heavy (non-hydrogen) atoms. The van der Waals surface area contributed by atoms with Crippen LogP contribution in [0.2, 0.25) is 0 Å². The van der Waals surface area contributed by atoms with Crippen molar-refractivity contribution in [2.75, 3.05) is 7.05 Å². The lowest BCUT2D eigenvalue weighted by Crippen LogP contribution is -2.10. The molecule has 0 aliphatic rings. The summed E-state index contributed by atoms with van der Waals surface area (Å²) in [5.41, 5.74) is 0.998. The van der Waals surface area contributed by atoms with Gasteiger partial charge in [0.15, 0.2) is 0 Å². The van der Waals surface area contributed by atoms with Crippen LogP contribution < -0.4 is 5.32 Å². The second kappa shape index (κ2) is 17.6. The van der Waals surface area contributed by atoms with E-state index in [1.807, 2.05) is 20.8 Å². The highest BCUT2D eigenvalue weighted by Gasteiger charge is 1.75. The van der Waals surface area contributed by atoms with Crippen LogP contribution in [-0.2, 0) is 4.79 Å². The molecular formula is C11H22N2O. The van der Waals surface area contributed by atoms with Crippen molar-refractivity contribution in [1.29, 1.82) is 0 Å². The Balaban J connectivity index is -0.000000147. The summed E-state index contributed by atoms with van der Waals surface area (Å²) in [6.07, 6.45) is 3.07. The normalized spacial score (nSPS) is 7.50. The van der Waals surface area contributed by atoms with Crippen LogP contribution in [0.25, 0.3) is 0 Å². The van der Waals surface area contributed by atoms with Crippen LogP contribution in [0.5, 0.6) is 0 Å². The van der Waals surface area contributed by atoms with E-state index in [1.165, 1.54) is 13.1 Å². The monoisotopic (exact) mass is 198 g/mol. The molecule has 0 aliphatic heterocycles. The molecule has 82 valence electrons. The van der Waals surface area contributed by atoms with Gasteiger partial charge in [0.05, 0.1) is 0 Å². The predicted octanol–water partition coefficient (Wildman–Crippen LogP) is 2.56. The summed E-state index contributed by atoms with van der Waals surface area (Å²) in [7, 11) is 1.73. The molecule has 0 aromatic carbocycles. The van der Waals surface area contributed by atoms with Gasteiger partial charge in [0.25, 0.3) is 0 Å². The van der Waals surface area contributed by atoms with E-state index in [0.29, 0.717) is 0 Å². The number of nitrogens with one attached hydrogen (secondary N) is 1. The number of rotatable bonds is 2. The van der Waals surface area contributed by atoms with E-state index < -0.39 is 0 Å². The van der Waals surface area contributed by atoms with E-state index >= 15 is 0 Å². The van der Waals surface area contributed by atoms with Crippen LogP contribution in [0, 0.1) is 0 Å². The van der Waals surface area contributed by atoms with Crippen molar-refractivity contribution >= 4 is 12.1 Å². The van der Waals surface area contributed by atoms with Crippen LogP contribution >= 0.6 is 0 Å². The highest BCUT2D eigenvalue weighted by atomic mass is 16.1. The average Bonchev–Trinajstić information content (AvgIpc) is 2.08. The lowest BCUT2D eigenvalue weighted by Gasteiger charge is -1.83. The maximum absolute atomic E-state index is 9.86. The zero-order chi connectivity index (χ0) is 12.0. The van der Waals surface area contributed by atoms with Crippen molar-refractivity contribution < 1.29 is 4.79 Å². The Bertz CT molecular complexity index is 184. The SMILES string of the molecule is C=C(C)C=NC.C=CNC(C)=O.CC. The van der Waals surface area contributed by atoms with Crippen molar-refractivity contribution in [2.45, 2.75) is 27.7 Å². The predicted molar refractivity (Wildman–Crippen MR) is 64.6 cm³/mol. The highest BCUT2D eigenvalue weighted by Crippen LogP contribution is 1.75. The summed E-state index contributed by atoms with van der Waals surface area (Å²) in [5, 5.41) is 2.33. The molecule has 1 amide bonds. The zero-order valence-electron chi connectivity index (χ0n) is 9.92. The number of aliphatic imine (C=N–C) groups is 1. The summed E-state index contributed by atoms with van der Waals surface area (Å²) >= 11 is 0. The van der Waals surface area contributed by atoms with Crippen LogP contribution in [0.4, 0.5) is 0 Å². The summed E-state index contributed by atoms with van der Waals surface area (Å²) < 4.78 is 0. The number of hydrogen-bond donors (Lipinski definition) is 1.